The van der Waals surface area contributed by atoms with Gasteiger partial charge in [-0.3, -0.25) is 4.79 Å². The third kappa shape index (κ3) is 3.56. The molecule has 120 valence electrons. The molecule has 1 amide bonds. The van der Waals surface area contributed by atoms with Gasteiger partial charge in [-0.2, -0.15) is 0 Å². The van der Waals surface area contributed by atoms with E-state index in [1.54, 1.807) is 41.3 Å². The average Bonchev–Trinajstić information content (AvgIpc) is 2.55. The molecule has 1 N–H and O–H groups in total. The predicted molar refractivity (Wildman–Crippen MR) is 83.7 cm³/mol. The fourth-order valence-corrected chi connectivity index (χ4v) is 2.82. The van der Waals surface area contributed by atoms with Crippen molar-refractivity contribution in [1.29, 1.82) is 0 Å². The SMILES string of the molecule is O=C1[C@@H](Cc2ccccc2F)NCCN1Cc1ccccc1F. The molecule has 0 radical (unpaired) electrons. The van der Waals surface area contributed by atoms with Crippen molar-refractivity contribution in [1.82, 2.24) is 10.2 Å². The van der Waals surface area contributed by atoms with Crippen molar-refractivity contribution in [2.45, 2.75) is 19.0 Å². The quantitative estimate of drug-likeness (QED) is 0.940. The Labute approximate surface area is 133 Å². The van der Waals surface area contributed by atoms with E-state index in [2.05, 4.69) is 5.32 Å². The number of hydrogen-bond donors (Lipinski definition) is 1. The van der Waals surface area contributed by atoms with Crippen molar-refractivity contribution in [3.63, 3.8) is 0 Å². The van der Waals surface area contributed by atoms with E-state index in [4.69, 9.17) is 0 Å². The second kappa shape index (κ2) is 6.87. The maximum atomic E-state index is 13.8. The molecule has 0 aromatic heterocycles. The molecule has 0 bridgehead atoms. The van der Waals surface area contributed by atoms with Gasteiger partial charge in [0, 0.05) is 25.2 Å². The first-order valence-electron chi connectivity index (χ1n) is 7.64. The fourth-order valence-electron chi connectivity index (χ4n) is 2.82. The van der Waals surface area contributed by atoms with E-state index in [0.29, 0.717) is 30.6 Å². The highest BCUT2D eigenvalue weighted by Crippen LogP contribution is 2.16. The zero-order valence-corrected chi connectivity index (χ0v) is 12.6. The van der Waals surface area contributed by atoms with Crippen LogP contribution in [0.2, 0.25) is 0 Å². The predicted octanol–water partition coefficient (Wildman–Crippen LogP) is 2.51. The van der Waals surface area contributed by atoms with Crippen LogP contribution in [0.3, 0.4) is 0 Å². The number of benzene rings is 2. The van der Waals surface area contributed by atoms with Gasteiger partial charge in [-0.05, 0) is 24.1 Å². The van der Waals surface area contributed by atoms with E-state index in [1.807, 2.05) is 0 Å². The highest BCUT2D eigenvalue weighted by atomic mass is 19.1. The number of rotatable bonds is 4. The Hall–Kier alpha value is -2.27. The van der Waals surface area contributed by atoms with Gasteiger partial charge in [0.1, 0.15) is 11.6 Å². The van der Waals surface area contributed by atoms with Gasteiger partial charge in [-0.15, -0.1) is 0 Å². The van der Waals surface area contributed by atoms with Gasteiger partial charge in [-0.25, -0.2) is 8.78 Å². The smallest absolute Gasteiger partial charge is 0.240 e. The molecule has 1 fully saturated rings. The summed E-state index contributed by atoms with van der Waals surface area (Å²) in [6.07, 6.45) is 0.291. The van der Waals surface area contributed by atoms with Crippen LogP contribution >= 0.6 is 0 Å². The van der Waals surface area contributed by atoms with Crippen LogP contribution in [0.15, 0.2) is 48.5 Å². The molecule has 1 aliphatic rings. The Morgan fingerprint density at radius 2 is 1.61 bits per heavy atom. The highest BCUT2D eigenvalue weighted by molar-refractivity contribution is 5.83. The van der Waals surface area contributed by atoms with E-state index < -0.39 is 6.04 Å². The first-order valence-corrected chi connectivity index (χ1v) is 7.64. The topological polar surface area (TPSA) is 32.3 Å². The zero-order chi connectivity index (χ0) is 16.2. The maximum absolute atomic E-state index is 13.8. The first kappa shape index (κ1) is 15.6. The minimum absolute atomic E-state index is 0.122. The molecular formula is C18H18F2N2O. The first-order chi connectivity index (χ1) is 11.1. The Kier molecular flexibility index (Phi) is 4.67. The monoisotopic (exact) mass is 316 g/mol. The van der Waals surface area contributed by atoms with Crippen LogP contribution in [-0.4, -0.2) is 29.9 Å². The standard InChI is InChI=1S/C18H18F2N2O/c19-15-7-3-1-5-13(15)11-17-18(23)22(10-9-21-17)12-14-6-2-4-8-16(14)20/h1-8,17,21H,9-12H2/t17-/m1/s1. The van der Waals surface area contributed by atoms with E-state index in [1.165, 1.54) is 12.1 Å². The van der Waals surface area contributed by atoms with E-state index in [0.717, 1.165) is 0 Å². The molecule has 1 atom stereocenters. The number of nitrogens with one attached hydrogen (secondary N) is 1. The van der Waals surface area contributed by atoms with Crippen molar-refractivity contribution < 1.29 is 13.6 Å². The molecule has 0 unspecified atom stereocenters. The summed E-state index contributed by atoms with van der Waals surface area (Å²) in [6, 6.07) is 12.4. The lowest BCUT2D eigenvalue weighted by Gasteiger charge is -2.33. The summed E-state index contributed by atoms with van der Waals surface area (Å²) in [5.41, 5.74) is 0.999. The number of carbonyl (C=O) groups is 1. The summed E-state index contributed by atoms with van der Waals surface area (Å²) >= 11 is 0. The summed E-state index contributed by atoms with van der Waals surface area (Å²) in [5, 5.41) is 3.12. The van der Waals surface area contributed by atoms with Gasteiger partial charge in [0.15, 0.2) is 0 Å². The van der Waals surface area contributed by atoms with Gasteiger partial charge >= 0.3 is 0 Å². The molecule has 2 aromatic carbocycles. The minimum Gasteiger partial charge on any atom is -0.336 e. The molecule has 0 spiro atoms. The molecule has 1 aliphatic heterocycles. The largest absolute Gasteiger partial charge is 0.336 e. The van der Waals surface area contributed by atoms with E-state index in [-0.39, 0.29) is 24.1 Å². The third-order valence-electron chi connectivity index (χ3n) is 4.08. The Balaban J connectivity index is 1.71. The number of halogens is 2. The lowest BCUT2D eigenvalue weighted by Crippen LogP contribution is -2.55. The second-order valence-corrected chi connectivity index (χ2v) is 5.65. The molecule has 5 heteroatoms. The van der Waals surface area contributed by atoms with Gasteiger partial charge < -0.3 is 10.2 Å². The Morgan fingerprint density at radius 1 is 1.00 bits per heavy atom. The summed E-state index contributed by atoms with van der Waals surface area (Å²) in [7, 11) is 0. The number of carbonyl (C=O) groups excluding carboxylic acids is 1. The molecule has 1 saturated heterocycles. The normalized spacial score (nSPS) is 18.3. The zero-order valence-electron chi connectivity index (χ0n) is 12.6. The molecule has 3 nitrogen and oxygen atoms in total. The number of amides is 1. The summed E-state index contributed by atoms with van der Waals surface area (Å²) < 4.78 is 27.5. The van der Waals surface area contributed by atoms with Crippen molar-refractivity contribution in [2.75, 3.05) is 13.1 Å². The van der Waals surface area contributed by atoms with Gasteiger partial charge in [0.05, 0.1) is 6.04 Å². The molecular weight excluding hydrogens is 298 g/mol. The molecule has 1 heterocycles. The van der Waals surface area contributed by atoms with Crippen molar-refractivity contribution in [2.24, 2.45) is 0 Å². The van der Waals surface area contributed by atoms with Crippen molar-refractivity contribution >= 4 is 5.91 Å². The van der Waals surface area contributed by atoms with Crippen LogP contribution < -0.4 is 5.32 Å². The van der Waals surface area contributed by atoms with Crippen LogP contribution in [0.25, 0.3) is 0 Å². The summed E-state index contributed by atoms with van der Waals surface area (Å²) in [4.78, 5) is 14.2. The molecule has 0 aliphatic carbocycles. The lowest BCUT2D eigenvalue weighted by atomic mass is 10.0. The third-order valence-corrected chi connectivity index (χ3v) is 4.08. The fraction of sp³-hybridized carbons (Fsp3) is 0.278. The summed E-state index contributed by atoms with van der Waals surface area (Å²) in [6.45, 7) is 1.36. The number of nitrogens with zero attached hydrogens (tertiary/aromatic N) is 1. The van der Waals surface area contributed by atoms with Crippen molar-refractivity contribution in [3.05, 3.63) is 71.3 Å². The lowest BCUT2D eigenvalue weighted by molar-refractivity contribution is -0.136. The van der Waals surface area contributed by atoms with Crippen LogP contribution in [0.5, 0.6) is 0 Å². The summed E-state index contributed by atoms with van der Waals surface area (Å²) in [5.74, 6) is -0.749. The molecule has 3 rings (SSSR count). The average molecular weight is 316 g/mol. The van der Waals surface area contributed by atoms with Crippen LogP contribution in [-0.2, 0) is 17.8 Å². The number of hydrogen-bond acceptors (Lipinski definition) is 2. The maximum Gasteiger partial charge on any atom is 0.240 e. The van der Waals surface area contributed by atoms with Crippen LogP contribution in [0.4, 0.5) is 8.78 Å². The van der Waals surface area contributed by atoms with Gasteiger partial charge in [0.25, 0.3) is 0 Å². The molecule has 2 aromatic rings. The Morgan fingerprint density at radius 3 is 2.26 bits per heavy atom. The van der Waals surface area contributed by atoms with Gasteiger partial charge in [0.2, 0.25) is 5.91 Å². The highest BCUT2D eigenvalue weighted by Gasteiger charge is 2.29. The molecule has 23 heavy (non-hydrogen) atoms. The van der Waals surface area contributed by atoms with E-state index in [9.17, 15) is 13.6 Å². The second-order valence-electron chi connectivity index (χ2n) is 5.65. The van der Waals surface area contributed by atoms with Crippen molar-refractivity contribution in [3.8, 4) is 0 Å². The van der Waals surface area contributed by atoms with E-state index >= 15 is 0 Å². The van der Waals surface area contributed by atoms with Crippen LogP contribution in [0.1, 0.15) is 11.1 Å². The Bertz CT molecular complexity index is 647. The van der Waals surface area contributed by atoms with Gasteiger partial charge in [-0.1, -0.05) is 36.4 Å². The van der Waals surface area contributed by atoms with Crippen LogP contribution in [0, 0.1) is 11.6 Å². The minimum atomic E-state index is -0.479. The molecule has 0 saturated carbocycles. The number of piperazine rings is 1.